The Labute approximate surface area is 110 Å². The Hall–Kier alpha value is -1.35. The van der Waals surface area contributed by atoms with Crippen LogP contribution in [0.3, 0.4) is 0 Å². The zero-order valence-corrected chi connectivity index (χ0v) is 11.6. The van der Waals surface area contributed by atoms with E-state index in [0.29, 0.717) is 6.42 Å². The van der Waals surface area contributed by atoms with Crippen LogP contribution < -0.4 is 4.74 Å². The van der Waals surface area contributed by atoms with Crippen molar-refractivity contribution in [2.45, 2.75) is 26.2 Å². The maximum Gasteiger partial charge on any atom is 0.162 e. The maximum absolute atomic E-state index is 11.9. The summed E-state index contributed by atoms with van der Waals surface area (Å²) in [5, 5.41) is 0. The van der Waals surface area contributed by atoms with Gasteiger partial charge in [-0.15, -0.1) is 0 Å². The average Bonchev–Trinajstić information content (AvgIpc) is 2.43. The second-order valence-electron chi connectivity index (χ2n) is 4.50. The van der Waals surface area contributed by atoms with Crippen LogP contribution in [-0.2, 0) is 0 Å². The van der Waals surface area contributed by atoms with Gasteiger partial charge in [0.15, 0.2) is 5.78 Å². The molecule has 0 saturated heterocycles. The monoisotopic (exact) mass is 249 g/mol. The van der Waals surface area contributed by atoms with Gasteiger partial charge in [-0.25, -0.2) is 0 Å². The number of benzene rings is 1. The largest absolute Gasteiger partial charge is 0.497 e. The maximum atomic E-state index is 11.9. The standard InChI is InChI=1S/C15H23NO2/c1-4-16(2)12-6-5-7-15(17)13-8-10-14(18-3)11-9-13/h8-11H,4-7,12H2,1-3H3. The van der Waals surface area contributed by atoms with Gasteiger partial charge in [0.2, 0.25) is 0 Å². The van der Waals surface area contributed by atoms with Crippen molar-refractivity contribution in [2.75, 3.05) is 27.2 Å². The predicted octanol–water partition coefficient (Wildman–Crippen LogP) is 3.00. The molecule has 0 spiro atoms. The molecule has 0 heterocycles. The average molecular weight is 249 g/mol. The first-order valence-corrected chi connectivity index (χ1v) is 6.53. The Morgan fingerprint density at radius 3 is 2.44 bits per heavy atom. The van der Waals surface area contributed by atoms with Crippen molar-refractivity contribution in [2.24, 2.45) is 0 Å². The van der Waals surface area contributed by atoms with E-state index in [4.69, 9.17) is 4.74 Å². The van der Waals surface area contributed by atoms with Gasteiger partial charge in [0.25, 0.3) is 0 Å². The summed E-state index contributed by atoms with van der Waals surface area (Å²) in [4.78, 5) is 14.2. The topological polar surface area (TPSA) is 29.5 Å². The van der Waals surface area contributed by atoms with E-state index in [1.54, 1.807) is 7.11 Å². The molecule has 0 aliphatic carbocycles. The molecule has 0 atom stereocenters. The first kappa shape index (κ1) is 14.7. The van der Waals surface area contributed by atoms with Crippen molar-refractivity contribution in [3.63, 3.8) is 0 Å². The molecule has 3 nitrogen and oxygen atoms in total. The molecule has 3 heteroatoms. The fourth-order valence-electron chi connectivity index (χ4n) is 1.75. The fraction of sp³-hybridized carbons (Fsp3) is 0.533. The van der Waals surface area contributed by atoms with Gasteiger partial charge in [0.1, 0.15) is 5.75 Å². The molecule has 0 aliphatic rings. The lowest BCUT2D eigenvalue weighted by atomic mass is 10.1. The Morgan fingerprint density at radius 1 is 1.22 bits per heavy atom. The molecule has 100 valence electrons. The second-order valence-corrected chi connectivity index (χ2v) is 4.50. The Morgan fingerprint density at radius 2 is 1.89 bits per heavy atom. The molecule has 0 aliphatic heterocycles. The van der Waals surface area contributed by atoms with E-state index in [0.717, 1.165) is 37.2 Å². The van der Waals surface area contributed by atoms with Crippen LogP contribution in [0.15, 0.2) is 24.3 Å². The highest BCUT2D eigenvalue weighted by Crippen LogP contribution is 2.13. The number of unbranched alkanes of at least 4 members (excludes halogenated alkanes) is 1. The van der Waals surface area contributed by atoms with Gasteiger partial charge in [-0.1, -0.05) is 6.92 Å². The van der Waals surface area contributed by atoms with Crippen molar-refractivity contribution in [3.05, 3.63) is 29.8 Å². The van der Waals surface area contributed by atoms with Gasteiger partial charge in [-0.2, -0.15) is 0 Å². The molecule has 0 fully saturated rings. The Balaban J connectivity index is 2.31. The summed E-state index contributed by atoms with van der Waals surface area (Å²) in [5.74, 6) is 1.01. The minimum atomic E-state index is 0.219. The molecule has 0 bridgehead atoms. The molecule has 0 amide bonds. The van der Waals surface area contributed by atoms with Crippen LogP contribution in [0.4, 0.5) is 0 Å². The van der Waals surface area contributed by atoms with Gasteiger partial charge in [-0.3, -0.25) is 4.79 Å². The van der Waals surface area contributed by atoms with E-state index in [1.165, 1.54) is 0 Å². The third-order valence-electron chi connectivity index (χ3n) is 3.15. The summed E-state index contributed by atoms with van der Waals surface area (Å²) in [6.45, 7) is 4.27. The quantitative estimate of drug-likeness (QED) is 0.524. The number of hydrogen-bond donors (Lipinski definition) is 0. The van der Waals surface area contributed by atoms with Crippen LogP contribution in [0.1, 0.15) is 36.5 Å². The second kappa shape index (κ2) is 7.88. The van der Waals surface area contributed by atoms with Crippen molar-refractivity contribution < 1.29 is 9.53 Å². The minimum Gasteiger partial charge on any atom is -0.497 e. The number of ketones is 1. The van der Waals surface area contributed by atoms with Crippen molar-refractivity contribution in [1.29, 1.82) is 0 Å². The van der Waals surface area contributed by atoms with E-state index in [9.17, 15) is 4.79 Å². The van der Waals surface area contributed by atoms with E-state index >= 15 is 0 Å². The fourth-order valence-corrected chi connectivity index (χ4v) is 1.75. The molecular formula is C15H23NO2. The van der Waals surface area contributed by atoms with E-state index in [-0.39, 0.29) is 5.78 Å². The van der Waals surface area contributed by atoms with Gasteiger partial charge >= 0.3 is 0 Å². The molecule has 18 heavy (non-hydrogen) atoms. The normalized spacial score (nSPS) is 10.7. The van der Waals surface area contributed by atoms with Gasteiger partial charge in [-0.05, 0) is 57.2 Å². The molecular weight excluding hydrogens is 226 g/mol. The van der Waals surface area contributed by atoms with Crippen LogP contribution in [0.2, 0.25) is 0 Å². The number of carbonyl (C=O) groups is 1. The highest BCUT2D eigenvalue weighted by molar-refractivity contribution is 5.96. The molecule has 0 radical (unpaired) electrons. The number of carbonyl (C=O) groups excluding carboxylic acids is 1. The van der Waals surface area contributed by atoms with Crippen LogP contribution in [0.5, 0.6) is 5.75 Å². The molecule has 1 aromatic carbocycles. The van der Waals surface area contributed by atoms with Crippen LogP contribution in [0, 0.1) is 0 Å². The van der Waals surface area contributed by atoms with E-state index < -0.39 is 0 Å². The summed E-state index contributed by atoms with van der Waals surface area (Å²) >= 11 is 0. The van der Waals surface area contributed by atoms with Crippen LogP contribution >= 0.6 is 0 Å². The first-order valence-electron chi connectivity index (χ1n) is 6.53. The number of ether oxygens (including phenoxy) is 1. The lowest BCUT2D eigenvalue weighted by molar-refractivity contribution is 0.0978. The SMILES string of the molecule is CCN(C)CCCCC(=O)c1ccc(OC)cc1. The van der Waals surface area contributed by atoms with E-state index in [2.05, 4.69) is 18.9 Å². The number of methoxy groups -OCH3 is 1. The summed E-state index contributed by atoms with van der Waals surface area (Å²) in [6, 6.07) is 7.33. The Kier molecular flexibility index (Phi) is 6.44. The third-order valence-corrected chi connectivity index (χ3v) is 3.15. The summed E-state index contributed by atoms with van der Waals surface area (Å²) in [7, 11) is 3.73. The number of hydrogen-bond acceptors (Lipinski definition) is 3. The molecule has 1 aromatic rings. The van der Waals surface area contributed by atoms with Gasteiger partial charge in [0, 0.05) is 12.0 Å². The zero-order valence-electron chi connectivity index (χ0n) is 11.6. The molecule has 0 saturated carbocycles. The predicted molar refractivity (Wildman–Crippen MR) is 74.3 cm³/mol. The highest BCUT2D eigenvalue weighted by Gasteiger charge is 2.05. The van der Waals surface area contributed by atoms with Crippen LogP contribution in [-0.4, -0.2) is 37.9 Å². The van der Waals surface area contributed by atoms with Gasteiger partial charge in [0.05, 0.1) is 7.11 Å². The number of nitrogens with zero attached hydrogens (tertiary/aromatic N) is 1. The Bertz CT molecular complexity index is 359. The van der Waals surface area contributed by atoms with E-state index in [1.807, 2.05) is 24.3 Å². The lowest BCUT2D eigenvalue weighted by Crippen LogP contribution is -2.18. The van der Waals surface area contributed by atoms with Gasteiger partial charge < -0.3 is 9.64 Å². The summed E-state index contributed by atoms with van der Waals surface area (Å²) in [5.41, 5.74) is 0.777. The molecule has 0 unspecified atom stereocenters. The number of Topliss-reactive ketones (excluding diaryl/α,β-unsaturated/α-hetero) is 1. The summed E-state index contributed by atoms with van der Waals surface area (Å²) < 4.78 is 5.07. The highest BCUT2D eigenvalue weighted by atomic mass is 16.5. The van der Waals surface area contributed by atoms with Crippen LogP contribution in [0.25, 0.3) is 0 Å². The summed E-state index contributed by atoms with van der Waals surface area (Å²) in [6.07, 6.45) is 2.66. The third kappa shape index (κ3) is 4.88. The minimum absolute atomic E-state index is 0.219. The van der Waals surface area contributed by atoms with Crippen molar-refractivity contribution >= 4 is 5.78 Å². The molecule has 0 aromatic heterocycles. The number of rotatable bonds is 8. The smallest absolute Gasteiger partial charge is 0.162 e. The van der Waals surface area contributed by atoms with Crippen molar-refractivity contribution in [3.8, 4) is 5.75 Å². The first-order chi connectivity index (χ1) is 8.67. The molecule has 1 rings (SSSR count). The zero-order chi connectivity index (χ0) is 13.4. The molecule has 0 N–H and O–H groups in total. The lowest BCUT2D eigenvalue weighted by Gasteiger charge is -2.12. The van der Waals surface area contributed by atoms with Crippen molar-refractivity contribution in [1.82, 2.24) is 4.90 Å².